The number of sulfonamides is 1. The van der Waals surface area contributed by atoms with Crippen molar-refractivity contribution in [2.75, 3.05) is 11.3 Å². The van der Waals surface area contributed by atoms with Crippen LogP contribution >= 0.6 is 0 Å². The Kier molecular flexibility index (Phi) is 3.28. The highest BCUT2D eigenvalue weighted by Gasteiger charge is 2.33. The van der Waals surface area contributed by atoms with E-state index in [1.807, 2.05) is 4.98 Å². The van der Waals surface area contributed by atoms with Crippen molar-refractivity contribution in [2.24, 2.45) is 0 Å². The number of hydrogen-bond donors (Lipinski definition) is 2. The number of pyridine rings is 1. The molecule has 0 saturated carbocycles. The number of aromatic nitrogens is 2. The quantitative estimate of drug-likeness (QED) is 0.901. The van der Waals surface area contributed by atoms with E-state index in [1.165, 1.54) is 6.20 Å². The van der Waals surface area contributed by atoms with E-state index in [0.29, 0.717) is 25.0 Å². The summed E-state index contributed by atoms with van der Waals surface area (Å²) in [6.45, 7) is 0.464. The molecule has 2 N–H and O–H groups in total. The summed E-state index contributed by atoms with van der Waals surface area (Å²) < 4.78 is 69.0. The van der Waals surface area contributed by atoms with E-state index in [9.17, 15) is 21.6 Å². The number of rotatable bonds is 3. The zero-order valence-electron chi connectivity index (χ0n) is 10.9. The highest BCUT2D eigenvalue weighted by molar-refractivity contribution is 7.92. The van der Waals surface area contributed by atoms with Gasteiger partial charge in [-0.15, -0.1) is 0 Å². The lowest BCUT2D eigenvalue weighted by atomic mass is 10.2. The molecule has 0 aliphatic carbocycles. The molecule has 1 aliphatic rings. The number of ether oxygens (including phenoxy) is 1. The number of halogens is 3. The Hall–Kier alpha value is -2.23. The van der Waals surface area contributed by atoms with Gasteiger partial charge in [-0.1, -0.05) is 0 Å². The molecule has 118 valence electrons. The summed E-state index contributed by atoms with van der Waals surface area (Å²) in [6.07, 6.45) is -2.01. The van der Waals surface area contributed by atoms with E-state index in [4.69, 9.17) is 4.74 Å². The molecule has 2 aromatic rings. The fraction of sp³-hybridized carbons (Fsp3) is 0.250. The number of fused-ring (bicyclic) bond motifs is 1. The molecule has 0 spiro atoms. The van der Waals surface area contributed by atoms with Crippen LogP contribution in [-0.2, 0) is 22.6 Å². The number of H-pyrrole nitrogens is 1. The Bertz CT molecular complexity index is 815. The molecule has 3 rings (SSSR count). The Morgan fingerprint density at radius 1 is 1.32 bits per heavy atom. The smallest absolute Gasteiger partial charge is 0.431 e. The summed E-state index contributed by atoms with van der Waals surface area (Å²) in [5.41, 5.74) is -0.224. The minimum Gasteiger partial charge on any atom is -0.477 e. The molecular formula is C12H10F3N3O3S. The second-order valence-corrected chi connectivity index (χ2v) is 6.32. The summed E-state index contributed by atoms with van der Waals surface area (Å²) in [5.74, 6) is 0.434. The molecule has 0 aromatic carbocycles. The first-order valence-electron chi connectivity index (χ1n) is 6.16. The van der Waals surface area contributed by atoms with Crippen LogP contribution in [0.3, 0.4) is 0 Å². The Morgan fingerprint density at radius 3 is 2.77 bits per heavy atom. The third kappa shape index (κ3) is 2.73. The van der Waals surface area contributed by atoms with Gasteiger partial charge in [0.25, 0.3) is 10.0 Å². The van der Waals surface area contributed by atoms with E-state index in [2.05, 4.69) is 9.71 Å². The molecule has 0 radical (unpaired) electrons. The van der Waals surface area contributed by atoms with Gasteiger partial charge in [-0.05, 0) is 12.1 Å². The van der Waals surface area contributed by atoms with Gasteiger partial charge in [0.05, 0.1) is 18.5 Å². The van der Waals surface area contributed by atoms with Crippen LogP contribution in [0, 0.1) is 0 Å². The summed E-state index contributed by atoms with van der Waals surface area (Å²) in [5, 5.41) is 0. The predicted molar refractivity (Wildman–Crippen MR) is 70.0 cm³/mol. The molecule has 1 aliphatic heterocycles. The third-order valence-electron chi connectivity index (χ3n) is 3.06. The van der Waals surface area contributed by atoms with Crippen molar-refractivity contribution in [2.45, 2.75) is 17.5 Å². The first-order valence-corrected chi connectivity index (χ1v) is 7.64. The van der Waals surface area contributed by atoms with Gasteiger partial charge < -0.3 is 9.72 Å². The van der Waals surface area contributed by atoms with Gasteiger partial charge in [0.15, 0.2) is 0 Å². The van der Waals surface area contributed by atoms with Gasteiger partial charge in [-0.25, -0.2) is 13.4 Å². The average molecular weight is 333 g/mol. The van der Waals surface area contributed by atoms with E-state index in [-0.39, 0.29) is 5.69 Å². The van der Waals surface area contributed by atoms with Gasteiger partial charge >= 0.3 is 6.18 Å². The van der Waals surface area contributed by atoms with Crippen LogP contribution in [0.15, 0.2) is 29.4 Å². The number of nitrogens with zero attached hydrogens (tertiary/aromatic N) is 1. The molecule has 0 atom stereocenters. The standard InChI is InChI=1S/C12H10F3N3O3S/c13-12(14,15)10-4-9(6-16-10)22(19,20)18-8-3-7-1-2-21-11(7)17-5-8/h3-6,16,18H,1-2H2. The van der Waals surface area contributed by atoms with Gasteiger partial charge in [0, 0.05) is 18.2 Å². The van der Waals surface area contributed by atoms with Crippen LogP contribution in [0.5, 0.6) is 5.88 Å². The van der Waals surface area contributed by atoms with Gasteiger partial charge in [0.2, 0.25) is 5.88 Å². The second-order valence-electron chi connectivity index (χ2n) is 4.64. The Balaban J connectivity index is 1.86. The molecule has 22 heavy (non-hydrogen) atoms. The highest BCUT2D eigenvalue weighted by Crippen LogP contribution is 2.30. The predicted octanol–water partition coefficient (Wildman–Crippen LogP) is 2.16. The summed E-state index contributed by atoms with van der Waals surface area (Å²) in [7, 11) is -4.13. The van der Waals surface area contributed by atoms with Crippen molar-refractivity contribution >= 4 is 15.7 Å². The lowest BCUT2D eigenvalue weighted by Crippen LogP contribution is -2.12. The van der Waals surface area contributed by atoms with E-state index >= 15 is 0 Å². The molecule has 6 nitrogen and oxygen atoms in total. The van der Waals surface area contributed by atoms with Crippen molar-refractivity contribution < 1.29 is 26.3 Å². The molecule has 0 saturated heterocycles. The number of nitrogens with one attached hydrogen (secondary N) is 2. The first-order chi connectivity index (χ1) is 10.3. The van der Waals surface area contributed by atoms with Crippen molar-refractivity contribution in [1.29, 1.82) is 0 Å². The second kappa shape index (κ2) is 4.90. The van der Waals surface area contributed by atoms with Crippen molar-refractivity contribution in [1.82, 2.24) is 9.97 Å². The highest BCUT2D eigenvalue weighted by atomic mass is 32.2. The molecule has 0 amide bonds. The molecule has 10 heteroatoms. The molecule has 0 bridgehead atoms. The first kappa shape index (κ1) is 14.7. The minimum atomic E-state index is -4.64. The lowest BCUT2D eigenvalue weighted by molar-refractivity contribution is -0.140. The molecule has 0 unspecified atom stereocenters. The monoisotopic (exact) mass is 333 g/mol. The van der Waals surface area contributed by atoms with Gasteiger partial charge in [-0.2, -0.15) is 13.2 Å². The molecule has 3 heterocycles. The van der Waals surface area contributed by atoms with Crippen LogP contribution in [0.4, 0.5) is 18.9 Å². The molecule has 0 fully saturated rings. The number of aromatic amines is 1. The number of alkyl halides is 3. The fourth-order valence-electron chi connectivity index (χ4n) is 2.03. The summed E-state index contributed by atoms with van der Waals surface area (Å²) >= 11 is 0. The Morgan fingerprint density at radius 2 is 2.09 bits per heavy atom. The topological polar surface area (TPSA) is 84.1 Å². The maximum absolute atomic E-state index is 12.5. The van der Waals surface area contributed by atoms with Crippen LogP contribution in [0.1, 0.15) is 11.3 Å². The van der Waals surface area contributed by atoms with Crippen LogP contribution in [0.25, 0.3) is 0 Å². The van der Waals surface area contributed by atoms with E-state index < -0.39 is 26.8 Å². The number of hydrogen-bond acceptors (Lipinski definition) is 4. The molecule has 2 aromatic heterocycles. The van der Waals surface area contributed by atoms with Crippen molar-refractivity contribution in [3.63, 3.8) is 0 Å². The fourth-order valence-corrected chi connectivity index (χ4v) is 3.05. The average Bonchev–Trinajstić information content (AvgIpc) is 3.06. The van der Waals surface area contributed by atoms with Gasteiger partial charge in [-0.3, -0.25) is 4.72 Å². The zero-order chi connectivity index (χ0) is 16.0. The third-order valence-corrected chi connectivity index (χ3v) is 4.42. The largest absolute Gasteiger partial charge is 0.477 e. The summed E-state index contributed by atoms with van der Waals surface area (Å²) in [4.78, 5) is 5.34. The SMILES string of the molecule is O=S(=O)(Nc1cnc2c(c1)CCO2)c1c[nH]c(C(F)(F)F)c1. The van der Waals surface area contributed by atoms with E-state index in [0.717, 1.165) is 11.8 Å². The van der Waals surface area contributed by atoms with Crippen molar-refractivity contribution in [3.05, 3.63) is 35.8 Å². The lowest BCUT2D eigenvalue weighted by Gasteiger charge is -2.07. The minimum absolute atomic E-state index is 0.166. The maximum atomic E-state index is 12.5. The molecular weight excluding hydrogens is 323 g/mol. The Labute approximate surface area is 123 Å². The van der Waals surface area contributed by atoms with Crippen LogP contribution < -0.4 is 9.46 Å². The van der Waals surface area contributed by atoms with E-state index in [1.54, 1.807) is 6.07 Å². The zero-order valence-corrected chi connectivity index (χ0v) is 11.8. The maximum Gasteiger partial charge on any atom is 0.431 e. The van der Waals surface area contributed by atoms with Crippen molar-refractivity contribution in [3.8, 4) is 5.88 Å². The summed E-state index contributed by atoms with van der Waals surface area (Å²) in [6, 6.07) is 2.08. The van der Waals surface area contributed by atoms with Gasteiger partial charge in [0.1, 0.15) is 10.6 Å². The normalized spacial score (nSPS) is 14.5. The van der Waals surface area contributed by atoms with Crippen LogP contribution in [0.2, 0.25) is 0 Å². The number of anilines is 1. The van der Waals surface area contributed by atoms with Crippen LogP contribution in [-0.4, -0.2) is 25.0 Å².